The van der Waals surface area contributed by atoms with Crippen molar-refractivity contribution in [2.24, 2.45) is 0 Å². The van der Waals surface area contributed by atoms with Crippen molar-refractivity contribution in [2.75, 3.05) is 11.9 Å². The maximum absolute atomic E-state index is 5.72. The fourth-order valence-corrected chi connectivity index (χ4v) is 1.62. The first-order chi connectivity index (χ1) is 8.81. The quantitative estimate of drug-likeness (QED) is 0.875. The fraction of sp³-hybridized carbons (Fsp3) is 0.286. The minimum atomic E-state index is 0.550. The molecule has 0 aliphatic carbocycles. The molecule has 0 aliphatic rings. The number of rotatable bonds is 5. The number of aromatic nitrogens is 2. The summed E-state index contributed by atoms with van der Waals surface area (Å²) in [5, 5.41) is 3.13. The molecule has 0 bridgehead atoms. The van der Waals surface area contributed by atoms with Gasteiger partial charge in [0.25, 0.3) is 0 Å². The molecule has 0 radical (unpaired) electrons. The number of aryl methyl sites for hydroxylation is 1. The fourth-order valence-electron chi connectivity index (χ4n) is 1.62. The van der Waals surface area contributed by atoms with Crippen LogP contribution < -0.4 is 10.1 Å². The van der Waals surface area contributed by atoms with Gasteiger partial charge < -0.3 is 10.1 Å². The standard InChI is InChI=1S/C14H17N3O/c1-3-11-6-5-7-12(8-11)18-14-9-13(15-4-2)16-10-17-14/h5-10H,3-4H2,1-2H3,(H,15,16,17). The average Bonchev–Trinajstić information content (AvgIpc) is 2.40. The molecule has 94 valence electrons. The van der Waals surface area contributed by atoms with Gasteiger partial charge in [-0.25, -0.2) is 9.97 Å². The summed E-state index contributed by atoms with van der Waals surface area (Å²) < 4.78 is 5.72. The van der Waals surface area contributed by atoms with E-state index in [-0.39, 0.29) is 0 Å². The van der Waals surface area contributed by atoms with Crippen LogP contribution in [0.3, 0.4) is 0 Å². The van der Waals surface area contributed by atoms with Gasteiger partial charge in [0.15, 0.2) is 0 Å². The highest BCUT2D eigenvalue weighted by molar-refractivity contribution is 5.39. The van der Waals surface area contributed by atoms with Crippen LogP contribution in [0.2, 0.25) is 0 Å². The first kappa shape index (κ1) is 12.4. The molecule has 0 aliphatic heterocycles. The van der Waals surface area contributed by atoms with Gasteiger partial charge in [0.05, 0.1) is 0 Å². The number of nitrogens with one attached hydrogen (secondary N) is 1. The molecule has 1 aromatic carbocycles. The Morgan fingerprint density at radius 2 is 2.06 bits per heavy atom. The number of anilines is 1. The smallest absolute Gasteiger partial charge is 0.224 e. The van der Waals surface area contributed by atoms with Gasteiger partial charge in [0.1, 0.15) is 17.9 Å². The first-order valence-corrected chi connectivity index (χ1v) is 6.14. The van der Waals surface area contributed by atoms with Crippen molar-refractivity contribution in [3.8, 4) is 11.6 Å². The molecule has 1 heterocycles. The molecule has 2 rings (SSSR count). The third-order valence-electron chi connectivity index (χ3n) is 2.53. The number of nitrogens with zero attached hydrogens (tertiary/aromatic N) is 2. The van der Waals surface area contributed by atoms with E-state index in [2.05, 4.69) is 28.3 Å². The van der Waals surface area contributed by atoms with Crippen molar-refractivity contribution in [3.05, 3.63) is 42.2 Å². The average molecular weight is 243 g/mol. The summed E-state index contributed by atoms with van der Waals surface area (Å²) in [5.41, 5.74) is 1.24. The largest absolute Gasteiger partial charge is 0.439 e. The predicted molar refractivity (Wildman–Crippen MR) is 72.1 cm³/mol. The zero-order valence-electron chi connectivity index (χ0n) is 10.7. The van der Waals surface area contributed by atoms with Crippen molar-refractivity contribution in [1.82, 2.24) is 9.97 Å². The lowest BCUT2D eigenvalue weighted by atomic mass is 10.2. The van der Waals surface area contributed by atoms with Crippen LogP contribution in [0.15, 0.2) is 36.7 Å². The van der Waals surface area contributed by atoms with Crippen molar-refractivity contribution < 1.29 is 4.74 Å². The van der Waals surface area contributed by atoms with Gasteiger partial charge in [-0.05, 0) is 31.0 Å². The highest BCUT2D eigenvalue weighted by atomic mass is 16.5. The maximum atomic E-state index is 5.72. The summed E-state index contributed by atoms with van der Waals surface area (Å²) in [7, 11) is 0. The van der Waals surface area contributed by atoms with Gasteiger partial charge in [0.2, 0.25) is 5.88 Å². The first-order valence-electron chi connectivity index (χ1n) is 6.14. The van der Waals surface area contributed by atoms with Crippen molar-refractivity contribution in [3.63, 3.8) is 0 Å². The van der Waals surface area contributed by atoms with Crippen LogP contribution in [0.25, 0.3) is 0 Å². The van der Waals surface area contributed by atoms with Gasteiger partial charge >= 0.3 is 0 Å². The summed E-state index contributed by atoms with van der Waals surface area (Å²) >= 11 is 0. The molecule has 0 amide bonds. The highest BCUT2D eigenvalue weighted by Gasteiger charge is 2.01. The third kappa shape index (κ3) is 3.20. The number of hydrogen-bond acceptors (Lipinski definition) is 4. The molecule has 1 N–H and O–H groups in total. The van der Waals surface area contributed by atoms with Gasteiger partial charge in [-0.15, -0.1) is 0 Å². The van der Waals surface area contributed by atoms with E-state index < -0.39 is 0 Å². The second-order valence-corrected chi connectivity index (χ2v) is 3.87. The minimum absolute atomic E-state index is 0.550. The SMILES string of the molecule is CCNc1cc(Oc2cccc(CC)c2)ncn1. The number of ether oxygens (including phenoxy) is 1. The Morgan fingerprint density at radius 1 is 1.17 bits per heavy atom. The summed E-state index contributed by atoms with van der Waals surface area (Å²) in [5.74, 6) is 2.12. The van der Waals surface area contributed by atoms with Crippen molar-refractivity contribution >= 4 is 5.82 Å². The Hall–Kier alpha value is -2.10. The molecular weight excluding hydrogens is 226 g/mol. The number of benzene rings is 1. The minimum Gasteiger partial charge on any atom is -0.439 e. The second-order valence-electron chi connectivity index (χ2n) is 3.87. The third-order valence-corrected chi connectivity index (χ3v) is 2.53. The molecule has 0 saturated heterocycles. The molecule has 0 unspecified atom stereocenters. The van der Waals surface area contributed by atoms with E-state index in [1.165, 1.54) is 11.9 Å². The highest BCUT2D eigenvalue weighted by Crippen LogP contribution is 2.21. The molecule has 4 heteroatoms. The van der Waals surface area contributed by atoms with Gasteiger partial charge in [-0.2, -0.15) is 0 Å². The molecule has 0 atom stereocenters. The Labute approximate surface area is 107 Å². The van der Waals surface area contributed by atoms with E-state index in [9.17, 15) is 0 Å². The monoisotopic (exact) mass is 243 g/mol. The predicted octanol–water partition coefficient (Wildman–Crippen LogP) is 3.26. The molecule has 4 nitrogen and oxygen atoms in total. The van der Waals surface area contributed by atoms with E-state index in [0.717, 1.165) is 24.5 Å². The zero-order chi connectivity index (χ0) is 12.8. The summed E-state index contributed by atoms with van der Waals surface area (Å²) in [6.07, 6.45) is 2.49. The molecule has 2 aromatic rings. The van der Waals surface area contributed by atoms with E-state index in [1.54, 1.807) is 6.07 Å². The Morgan fingerprint density at radius 3 is 2.83 bits per heavy atom. The van der Waals surface area contributed by atoms with E-state index in [0.29, 0.717) is 5.88 Å². The molecule has 18 heavy (non-hydrogen) atoms. The van der Waals surface area contributed by atoms with Crippen molar-refractivity contribution in [1.29, 1.82) is 0 Å². The van der Waals surface area contributed by atoms with Crippen LogP contribution in [0.4, 0.5) is 5.82 Å². The summed E-state index contributed by atoms with van der Waals surface area (Å²) in [4.78, 5) is 8.20. The lowest BCUT2D eigenvalue weighted by Gasteiger charge is -2.07. The Bertz CT molecular complexity index is 514. The summed E-state index contributed by atoms with van der Waals surface area (Å²) in [6.45, 7) is 4.96. The molecule has 0 spiro atoms. The van der Waals surface area contributed by atoms with Gasteiger partial charge in [-0.1, -0.05) is 19.1 Å². The van der Waals surface area contributed by atoms with Crippen LogP contribution in [-0.2, 0) is 6.42 Å². The molecule has 0 fully saturated rings. The van der Waals surface area contributed by atoms with Gasteiger partial charge in [0, 0.05) is 12.6 Å². The van der Waals surface area contributed by atoms with Crippen LogP contribution in [-0.4, -0.2) is 16.5 Å². The van der Waals surface area contributed by atoms with E-state index in [4.69, 9.17) is 4.74 Å². The zero-order valence-corrected chi connectivity index (χ0v) is 10.7. The van der Waals surface area contributed by atoms with E-state index >= 15 is 0 Å². The normalized spacial score (nSPS) is 10.1. The van der Waals surface area contributed by atoms with Crippen LogP contribution in [0.5, 0.6) is 11.6 Å². The molecule has 1 aromatic heterocycles. The Balaban J connectivity index is 2.14. The number of hydrogen-bond donors (Lipinski definition) is 1. The lowest BCUT2D eigenvalue weighted by molar-refractivity contribution is 0.461. The summed E-state index contributed by atoms with van der Waals surface area (Å²) in [6, 6.07) is 9.81. The van der Waals surface area contributed by atoms with Crippen LogP contribution in [0.1, 0.15) is 19.4 Å². The molecule has 0 saturated carbocycles. The second kappa shape index (κ2) is 6.00. The van der Waals surface area contributed by atoms with Crippen LogP contribution >= 0.6 is 0 Å². The van der Waals surface area contributed by atoms with Crippen LogP contribution in [0, 0.1) is 0 Å². The maximum Gasteiger partial charge on any atom is 0.224 e. The van der Waals surface area contributed by atoms with Crippen molar-refractivity contribution in [2.45, 2.75) is 20.3 Å². The van der Waals surface area contributed by atoms with E-state index in [1.807, 2.05) is 25.1 Å². The lowest BCUT2D eigenvalue weighted by Crippen LogP contribution is -2.00. The Kier molecular flexibility index (Phi) is 4.12. The topological polar surface area (TPSA) is 47.0 Å². The van der Waals surface area contributed by atoms with Gasteiger partial charge in [-0.3, -0.25) is 0 Å². The molecular formula is C14H17N3O.